The van der Waals surface area contributed by atoms with Gasteiger partial charge < -0.3 is 0 Å². The molecule has 146 valence electrons. The van der Waals surface area contributed by atoms with E-state index in [9.17, 15) is 0 Å². The van der Waals surface area contributed by atoms with Crippen molar-refractivity contribution >= 4 is 45.4 Å². The van der Waals surface area contributed by atoms with Crippen molar-refractivity contribution in [1.29, 1.82) is 0 Å². The third kappa shape index (κ3) is 3.23. The van der Waals surface area contributed by atoms with Crippen LogP contribution in [0.5, 0.6) is 0 Å². The number of hydrogen-bond donors (Lipinski definition) is 0. The fourth-order valence-electron chi connectivity index (χ4n) is 3.52. The quantitative estimate of drug-likeness (QED) is 0.330. The van der Waals surface area contributed by atoms with Gasteiger partial charge in [0.05, 0.1) is 11.7 Å². The predicted molar refractivity (Wildman–Crippen MR) is 126 cm³/mol. The highest BCUT2D eigenvalue weighted by Crippen LogP contribution is 2.45. The third-order valence-electron chi connectivity index (χ3n) is 5.31. The lowest BCUT2D eigenvalue weighted by atomic mass is 9.93. The minimum atomic E-state index is 0.162. The van der Waals surface area contributed by atoms with Gasteiger partial charge in [0.25, 0.3) is 0 Å². The number of nitrogens with zero attached hydrogens (tertiary/aromatic N) is 2. The first-order chi connectivity index (χ1) is 13.2. The standard InChI is InChI=1S/C23H26N2S3/c1-12(2)15-8-9-16(26-15)19-13(3)14(4)20(22-21(19)24-28-25-22)17-10-11-18(27-17)23(5,6)7/h8-12H,1-7H3. The minimum Gasteiger partial charge on any atom is -0.172 e. The van der Waals surface area contributed by atoms with Gasteiger partial charge in [-0.15, -0.1) is 22.7 Å². The summed E-state index contributed by atoms with van der Waals surface area (Å²) in [5, 5.41) is 0. The molecule has 1 aromatic carbocycles. The Balaban J connectivity index is 1.95. The van der Waals surface area contributed by atoms with E-state index >= 15 is 0 Å². The Bertz CT molecular complexity index is 1150. The monoisotopic (exact) mass is 426 g/mol. The average Bonchev–Trinajstić information content (AvgIpc) is 3.35. The molecular formula is C23H26N2S3. The molecule has 5 heteroatoms. The number of rotatable bonds is 3. The highest BCUT2D eigenvalue weighted by molar-refractivity contribution is 7.16. The summed E-state index contributed by atoms with van der Waals surface area (Å²) in [4.78, 5) is 5.42. The fourth-order valence-corrected chi connectivity index (χ4v) is 6.36. The normalized spacial score (nSPS) is 12.4. The number of fused-ring (bicyclic) bond motifs is 1. The van der Waals surface area contributed by atoms with Crippen LogP contribution in [0.25, 0.3) is 31.9 Å². The maximum atomic E-state index is 4.74. The molecule has 0 aliphatic heterocycles. The van der Waals surface area contributed by atoms with Crippen LogP contribution in [-0.2, 0) is 5.41 Å². The molecule has 4 rings (SSSR count). The van der Waals surface area contributed by atoms with E-state index in [-0.39, 0.29) is 5.41 Å². The van der Waals surface area contributed by atoms with E-state index in [0.717, 1.165) is 11.0 Å². The molecule has 0 N–H and O–H groups in total. The van der Waals surface area contributed by atoms with Gasteiger partial charge in [0.2, 0.25) is 0 Å². The maximum absolute atomic E-state index is 4.74. The van der Waals surface area contributed by atoms with E-state index in [1.165, 1.54) is 53.5 Å². The molecule has 0 saturated carbocycles. The molecule has 3 aromatic heterocycles. The smallest absolute Gasteiger partial charge is 0.114 e. The molecule has 0 spiro atoms. The fraction of sp³-hybridized carbons (Fsp3) is 0.391. The molecule has 0 aliphatic carbocycles. The summed E-state index contributed by atoms with van der Waals surface area (Å²) < 4.78 is 9.47. The largest absolute Gasteiger partial charge is 0.172 e. The van der Waals surface area contributed by atoms with Crippen LogP contribution in [-0.4, -0.2) is 8.75 Å². The molecule has 0 aliphatic rings. The molecule has 0 bridgehead atoms. The third-order valence-corrected chi connectivity index (χ3v) is 8.77. The zero-order valence-electron chi connectivity index (χ0n) is 17.5. The van der Waals surface area contributed by atoms with Crippen molar-refractivity contribution in [2.45, 2.75) is 59.8 Å². The van der Waals surface area contributed by atoms with Gasteiger partial charge in [-0.3, -0.25) is 0 Å². The lowest BCUT2D eigenvalue weighted by Crippen LogP contribution is -2.07. The molecule has 0 radical (unpaired) electrons. The van der Waals surface area contributed by atoms with Gasteiger partial charge in [0, 0.05) is 30.6 Å². The Labute approximate surface area is 179 Å². The van der Waals surface area contributed by atoms with Crippen molar-refractivity contribution in [3.63, 3.8) is 0 Å². The van der Waals surface area contributed by atoms with Gasteiger partial charge in [0.15, 0.2) is 0 Å². The van der Waals surface area contributed by atoms with Crippen LogP contribution in [0.4, 0.5) is 0 Å². The average molecular weight is 427 g/mol. The zero-order valence-corrected chi connectivity index (χ0v) is 20.0. The second-order valence-corrected chi connectivity index (χ2v) is 11.5. The molecule has 0 saturated heterocycles. The second-order valence-electron chi connectivity index (χ2n) is 8.73. The first kappa shape index (κ1) is 19.7. The van der Waals surface area contributed by atoms with Crippen LogP contribution in [0.1, 0.15) is 61.4 Å². The Morgan fingerprint density at radius 2 is 1.32 bits per heavy atom. The summed E-state index contributed by atoms with van der Waals surface area (Å²) in [7, 11) is 0. The van der Waals surface area contributed by atoms with Gasteiger partial charge in [-0.2, -0.15) is 8.75 Å². The Kier molecular flexibility index (Phi) is 4.97. The zero-order chi connectivity index (χ0) is 20.2. The van der Waals surface area contributed by atoms with Crippen molar-refractivity contribution in [3.8, 4) is 20.9 Å². The molecule has 0 unspecified atom stereocenters. The van der Waals surface area contributed by atoms with E-state index in [2.05, 4.69) is 72.7 Å². The Morgan fingerprint density at radius 3 is 1.79 bits per heavy atom. The first-order valence-electron chi connectivity index (χ1n) is 9.64. The van der Waals surface area contributed by atoms with Crippen LogP contribution in [0.3, 0.4) is 0 Å². The topological polar surface area (TPSA) is 25.8 Å². The molecule has 2 nitrogen and oxygen atoms in total. The summed E-state index contributed by atoms with van der Waals surface area (Å²) in [6, 6.07) is 9.03. The van der Waals surface area contributed by atoms with Gasteiger partial charge in [-0.25, -0.2) is 0 Å². The molecule has 0 atom stereocenters. The van der Waals surface area contributed by atoms with Gasteiger partial charge in [0.1, 0.15) is 11.0 Å². The lowest BCUT2D eigenvalue weighted by molar-refractivity contribution is 0.604. The number of hydrogen-bond acceptors (Lipinski definition) is 5. The van der Waals surface area contributed by atoms with E-state index in [1.54, 1.807) is 0 Å². The molecule has 0 amide bonds. The maximum Gasteiger partial charge on any atom is 0.114 e. The SMILES string of the molecule is Cc1c(C)c(-c2ccc(C(C)(C)C)s2)c2nsnc2c1-c1ccc(C(C)C)s1. The van der Waals surface area contributed by atoms with E-state index in [1.807, 2.05) is 22.7 Å². The van der Waals surface area contributed by atoms with Crippen LogP contribution in [0, 0.1) is 13.8 Å². The van der Waals surface area contributed by atoms with Crippen molar-refractivity contribution < 1.29 is 0 Å². The Hall–Kier alpha value is -1.56. The lowest BCUT2D eigenvalue weighted by Gasteiger charge is -2.16. The highest BCUT2D eigenvalue weighted by Gasteiger charge is 2.23. The molecule has 4 aromatic rings. The number of aromatic nitrogens is 2. The van der Waals surface area contributed by atoms with Crippen LogP contribution < -0.4 is 0 Å². The molecular weight excluding hydrogens is 400 g/mol. The van der Waals surface area contributed by atoms with Crippen molar-refractivity contribution in [1.82, 2.24) is 8.75 Å². The van der Waals surface area contributed by atoms with E-state index in [4.69, 9.17) is 8.75 Å². The molecule has 0 fully saturated rings. The van der Waals surface area contributed by atoms with Crippen LogP contribution >= 0.6 is 34.4 Å². The van der Waals surface area contributed by atoms with Crippen molar-refractivity contribution in [2.75, 3.05) is 0 Å². The predicted octanol–water partition coefficient (Wildman–Crippen LogP) is 8.19. The summed E-state index contributed by atoms with van der Waals surface area (Å²) in [5.74, 6) is 0.547. The summed E-state index contributed by atoms with van der Waals surface area (Å²) in [6.07, 6.45) is 0. The number of thiophene rings is 2. The van der Waals surface area contributed by atoms with Gasteiger partial charge >= 0.3 is 0 Å². The summed E-state index contributed by atoms with van der Waals surface area (Å²) in [6.45, 7) is 15.8. The Morgan fingerprint density at radius 1 is 0.786 bits per heavy atom. The first-order valence-corrected chi connectivity index (χ1v) is 12.0. The minimum absolute atomic E-state index is 0.162. The van der Waals surface area contributed by atoms with Crippen molar-refractivity contribution in [3.05, 3.63) is 45.1 Å². The summed E-state index contributed by atoms with van der Waals surface area (Å²) >= 11 is 5.09. The van der Waals surface area contributed by atoms with Crippen LogP contribution in [0.2, 0.25) is 0 Å². The molecule has 28 heavy (non-hydrogen) atoms. The summed E-state index contributed by atoms with van der Waals surface area (Å²) in [5.41, 5.74) is 7.40. The van der Waals surface area contributed by atoms with Gasteiger partial charge in [-0.05, 0) is 60.6 Å². The van der Waals surface area contributed by atoms with E-state index < -0.39 is 0 Å². The molecule has 3 heterocycles. The number of benzene rings is 1. The second kappa shape index (κ2) is 7.05. The highest BCUT2D eigenvalue weighted by atomic mass is 32.1. The van der Waals surface area contributed by atoms with Gasteiger partial charge in [-0.1, -0.05) is 34.6 Å². The van der Waals surface area contributed by atoms with E-state index in [0.29, 0.717) is 5.92 Å². The van der Waals surface area contributed by atoms with Crippen LogP contribution in [0.15, 0.2) is 24.3 Å². The van der Waals surface area contributed by atoms with Crippen molar-refractivity contribution in [2.24, 2.45) is 0 Å².